The van der Waals surface area contributed by atoms with E-state index in [9.17, 15) is 0 Å². The molecule has 2 aromatic heterocycles. The lowest BCUT2D eigenvalue weighted by Gasteiger charge is -2.17. The molecular weight excluding hydrogens is 316 g/mol. The van der Waals surface area contributed by atoms with Crippen LogP contribution in [0.2, 0.25) is 5.02 Å². The summed E-state index contributed by atoms with van der Waals surface area (Å²) in [6.07, 6.45) is 8.69. The van der Waals surface area contributed by atoms with Crippen LogP contribution in [0.3, 0.4) is 0 Å². The summed E-state index contributed by atoms with van der Waals surface area (Å²) in [7, 11) is 0. The minimum atomic E-state index is 0.784. The van der Waals surface area contributed by atoms with Gasteiger partial charge in [0.25, 0.3) is 0 Å². The summed E-state index contributed by atoms with van der Waals surface area (Å²) in [5.41, 5.74) is 7.54. The van der Waals surface area contributed by atoms with Crippen LogP contribution in [0.4, 0.5) is 0 Å². The highest BCUT2D eigenvalue weighted by molar-refractivity contribution is 6.33. The summed E-state index contributed by atoms with van der Waals surface area (Å²) < 4.78 is 2.38. The van der Waals surface area contributed by atoms with E-state index < -0.39 is 0 Å². The Labute approximate surface area is 145 Å². The molecule has 0 aliphatic carbocycles. The molecule has 24 heavy (non-hydrogen) atoms. The topological polar surface area (TPSA) is 20.7 Å². The number of hydrogen-bond donors (Lipinski definition) is 1. The summed E-state index contributed by atoms with van der Waals surface area (Å²) in [6, 6.07) is 14.9. The molecule has 3 heteroatoms. The van der Waals surface area contributed by atoms with Crippen molar-refractivity contribution in [3.8, 4) is 22.3 Å². The standard InChI is InChI=1S/C21H17ClN2/c22-20-6-2-1-5-17(20)19-13-23-12-18(19)16-10-14-4-3-8-24-9-7-15(11-16)21(14)24/h1-2,5-7,9-13,23H,3-4,8H2. The molecule has 0 radical (unpaired) electrons. The molecule has 118 valence electrons. The molecule has 0 fully saturated rings. The first-order valence-corrected chi connectivity index (χ1v) is 8.73. The Morgan fingerprint density at radius 2 is 1.83 bits per heavy atom. The highest BCUT2D eigenvalue weighted by Crippen LogP contribution is 2.38. The van der Waals surface area contributed by atoms with E-state index in [1.807, 2.05) is 24.4 Å². The molecule has 0 saturated carbocycles. The lowest BCUT2D eigenvalue weighted by Crippen LogP contribution is -2.06. The Kier molecular flexibility index (Phi) is 3.07. The number of H-pyrrole nitrogens is 1. The molecule has 1 aliphatic heterocycles. The van der Waals surface area contributed by atoms with Crippen LogP contribution in [-0.2, 0) is 13.0 Å². The van der Waals surface area contributed by atoms with Crippen LogP contribution in [0.25, 0.3) is 33.2 Å². The maximum atomic E-state index is 6.42. The van der Waals surface area contributed by atoms with Gasteiger partial charge in [-0.05, 0) is 48.2 Å². The molecule has 3 heterocycles. The van der Waals surface area contributed by atoms with Crippen molar-refractivity contribution in [2.75, 3.05) is 0 Å². The molecule has 0 saturated heterocycles. The first-order chi connectivity index (χ1) is 11.8. The second-order valence-electron chi connectivity index (χ2n) is 6.45. The number of aryl methyl sites for hydroxylation is 2. The maximum Gasteiger partial charge on any atom is 0.0513 e. The van der Waals surface area contributed by atoms with Crippen molar-refractivity contribution in [3.05, 3.63) is 71.6 Å². The van der Waals surface area contributed by atoms with Crippen LogP contribution in [0.1, 0.15) is 12.0 Å². The van der Waals surface area contributed by atoms with E-state index in [1.165, 1.54) is 34.0 Å². The Morgan fingerprint density at radius 1 is 0.958 bits per heavy atom. The average Bonchev–Trinajstić information content (AvgIpc) is 3.24. The van der Waals surface area contributed by atoms with E-state index in [4.69, 9.17) is 11.6 Å². The molecule has 2 nitrogen and oxygen atoms in total. The van der Waals surface area contributed by atoms with Gasteiger partial charge in [-0.3, -0.25) is 0 Å². The van der Waals surface area contributed by atoms with Crippen molar-refractivity contribution in [1.29, 1.82) is 0 Å². The van der Waals surface area contributed by atoms with Gasteiger partial charge in [-0.2, -0.15) is 0 Å². The van der Waals surface area contributed by atoms with Crippen molar-refractivity contribution in [1.82, 2.24) is 9.55 Å². The van der Waals surface area contributed by atoms with E-state index >= 15 is 0 Å². The molecule has 5 rings (SSSR count). The molecule has 2 aromatic carbocycles. The zero-order valence-corrected chi connectivity index (χ0v) is 14.0. The third-order valence-corrected chi connectivity index (χ3v) is 5.33. The smallest absolute Gasteiger partial charge is 0.0513 e. The Balaban J connectivity index is 1.73. The molecule has 4 aromatic rings. The minimum absolute atomic E-state index is 0.784. The maximum absolute atomic E-state index is 6.42. The number of nitrogens with one attached hydrogen (secondary N) is 1. The third-order valence-electron chi connectivity index (χ3n) is 5.01. The molecule has 1 aliphatic rings. The summed E-state index contributed by atoms with van der Waals surface area (Å²) >= 11 is 6.42. The van der Waals surface area contributed by atoms with Gasteiger partial charge < -0.3 is 9.55 Å². The molecule has 0 bridgehead atoms. The molecule has 1 N–H and O–H groups in total. The van der Waals surface area contributed by atoms with Gasteiger partial charge in [0.1, 0.15) is 0 Å². The van der Waals surface area contributed by atoms with Gasteiger partial charge in [-0.25, -0.2) is 0 Å². The van der Waals surface area contributed by atoms with E-state index in [0.29, 0.717) is 0 Å². The fraction of sp³-hybridized carbons (Fsp3) is 0.143. The van der Waals surface area contributed by atoms with Crippen LogP contribution in [0.5, 0.6) is 0 Å². The molecule has 0 atom stereocenters. The molecule has 0 spiro atoms. The van der Waals surface area contributed by atoms with Crippen molar-refractivity contribution in [2.45, 2.75) is 19.4 Å². The minimum Gasteiger partial charge on any atom is -0.366 e. The van der Waals surface area contributed by atoms with Crippen molar-refractivity contribution in [3.63, 3.8) is 0 Å². The fourth-order valence-corrected chi connectivity index (χ4v) is 4.16. The van der Waals surface area contributed by atoms with E-state index in [-0.39, 0.29) is 0 Å². The zero-order chi connectivity index (χ0) is 16.1. The number of aromatic amines is 1. The molecular formula is C21H17ClN2. The Morgan fingerprint density at radius 3 is 2.75 bits per heavy atom. The van der Waals surface area contributed by atoms with Crippen molar-refractivity contribution < 1.29 is 0 Å². The fourth-order valence-electron chi connectivity index (χ4n) is 3.92. The van der Waals surface area contributed by atoms with Crippen molar-refractivity contribution >= 4 is 22.5 Å². The number of halogens is 1. The van der Waals surface area contributed by atoms with Crippen LogP contribution >= 0.6 is 11.6 Å². The molecule has 0 amide bonds. The van der Waals surface area contributed by atoms with Gasteiger partial charge in [0.2, 0.25) is 0 Å². The lowest BCUT2D eigenvalue weighted by atomic mass is 9.94. The highest BCUT2D eigenvalue weighted by Gasteiger charge is 2.17. The third kappa shape index (κ3) is 2.03. The summed E-state index contributed by atoms with van der Waals surface area (Å²) in [6.45, 7) is 1.13. The van der Waals surface area contributed by atoms with Crippen LogP contribution in [0.15, 0.2) is 61.1 Å². The van der Waals surface area contributed by atoms with Crippen LogP contribution < -0.4 is 0 Å². The lowest BCUT2D eigenvalue weighted by molar-refractivity contribution is 0.636. The van der Waals surface area contributed by atoms with Crippen molar-refractivity contribution in [2.24, 2.45) is 0 Å². The van der Waals surface area contributed by atoms with Gasteiger partial charge >= 0.3 is 0 Å². The van der Waals surface area contributed by atoms with Gasteiger partial charge in [0, 0.05) is 52.2 Å². The second-order valence-corrected chi connectivity index (χ2v) is 6.86. The number of nitrogens with zero attached hydrogens (tertiary/aromatic N) is 1. The Bertz CT molecular complexity index is 1050. The largest absolute Gasteiger partial charge is 0.366 e. The zero-order valence-electron chi connectivity index (χ0n) is 13.2. The predicted octanol–water partition coefficient (Wildman–Crippen LogP) is 5.90. The van der Waals surface area contributed by atoms with E-state index in [2.05, 4.69) is 46.2 Å². The quantitative estimate of drug-likeness (QED) is 0.471. The van der Waals surface area contributed by atoms with Gasteiger partial charge in [-0.15, -0.1) is 0 Å². The number of hydrogen-bond acceptors (Lipinski definition) is 0. The second kappa shape index (κ2) is 5.29. The van der Waals surface area contributed by atoms with Gasteiger partial charge in [-0.1, -0.05) is 29.8 Å². The van der Waals surface area contributed by atoms with E-state index in [1.54, 1.807) is 0 Å². The van der Waals surface area contributed by atoms with Crippen LogP contribution in [-0.4, -0.2) is 9.55 Å². The summed E-state index contributed by atoms with van der Waals surface area (Å²) in [5, 5.41) is 2.11. The SMILES string of the molecule is Clc1ccccc1-c1c[nH]cc1-c1cc2c3c(ccn3CCC2)c1. The number of rotatable bonds is 2. The highest BCUT2D eigenvalue weighted by atomic mass is 35.5. The van der Waals surface area contributed by atoms with Gasteiger partial charge in [0.15, 0.2) is 0 Å². The average molecular weight is 333 g/mol. The molecule has 0 unspecified atom stereocenters. The first kappa shape index (κ1) is 13.9. The predicted molar refractivity (Wildman–Crippen MR) is 100 cm³/mol. The number of aromatic nitrogens is 2. The summed E-state index contributed by atoms with van der Waals surface area (Å²) in [5.74, 6) is 0. The number of benzene rings is 2. The summed E-state index contributed by atoms with van der Waals surface area (Å²) in [4.78, 5) is 3.26. The van der Waals surface area contributed by atoms with E-state index in [0.717, 1.165) is 29.1 Å². The Hall–Kier alpha value is -2.45. The van der Waals surface area contributed by atoms with Gasteiger partial charge in [0.05, 0.1) is 5.52 Å². The monoisotopic (exact) mass is 332 g/mol. The van der Waals surface area contributed by atoms with Crippen LogP contribution in [0, 0.1) is 0 Å². The normalized spacial score (nSPS) is 13.5. The first-order valence-electron chi connectivity index (χ1n) is 8.35.